The molecule has 0 saturated heterocycles. The fourth-order valence-electron chi connectivity index (χ4n) is 5.59. The third-order valence-electron chi connectivity index (χ3n) is 7.02. The maximum absolute atomic E-state index is 15.2. The van der Waals surface area contributed by atoms with Gasteiger partial charge in [0, 0.05) is 0 Å². The summed E-state index contributed by atoms with van der Waals surface area (Å²) in [6.07, 6.45) is 0.583. The van der Waals surface area contributed by atoms with Crippen LogP contribution in [0.25, 0.3) is 0 Å². The SMILES string of the molecule is CCOP(=O)(OCC)[C](C)(Cc1ccccc1)[Sn]([c]1ccccc1)([c]1ccccc1)[c]1ccccc1. The van der Waals surface area contributed by atoms with Crippen molar-refractivity contribution in [2.45, 2.75) is 30.4 Å². The van der Waals surface area contributed by atoms with E-state index in [-0.39, 0.29) is 0 Å². The molecule has 0 saturated carbocycles. The summed E-state index contributed by atoms with van der Waals surface area (Å²) >= 11 is -4.23. The quantitative estimate of drug-likeness (QED) is 0.156. The summed E-state index contributed by atoms with van der Waals surface area (Å²) in [6.45, 7) is 6.62. The summed E-state index contributed by atoms with van der Waals surface area (Å²) in [6, 6.07) is 42.5. The molecular weight excluding hydrogens is 570 g/mol. The van der Waals surface area contributed by atoms with Crippen molar-refractivity contribution in [3.05, 3.63) is 127 Å². The third-order valence-corrected chi connectivity index (χ3v) is 29.6. The van der Waals surface area contributed by atoms with Gasteiger partial charge in [-0.1, -0.05) is 0 Å². The molecule has 4 aromatic rings. The van der Waals surface area contributed by atoms with E-state index in [4.69, 9.17) is 9.05 Å². The van der Waals surface area contributed by atoms with Crippen molar-refractivity contribution in [3.8, 4) is 0 Å². The van der Waals surface area contributed by atoms with Crippen LogP contribution in [0.15, 0.2) is 121 Å². The van der Waals surface area contributed by atoms with Gasteiger partial charge in [-0.25, -0.2) is 0 Å². The molecule has 36 heavy (non-hydrogen) atoms. The monoisotopic (exact) mass is 606 g/mol. The summed E-state index contributed by atoms with van der Waals surface area (Å²) in [5.74, 6) is 0. The van der Waals surface area contributed by atoms with Gasteiger partial charge in [0.1, 0.15) is 0 Å². The van der Waals surface area contributed by atoms with E-state index in [0.29, 0.717) is 19.6 Å². The second-order valence-electron chi connectivity index (χ2n) is 9.12. The zero-order valence-corrected chi connectivity index (χ0v) is 25.1. The Morgan fingerprint density at radius 2 is 0.944 bits per heavy atom. The van der Waals surface area contributed by atoms with Crippen molar-refractivity contribution in [3.63, 3.8) is 0 Å². The van der Waals surface area contributed by atoms with Crippen LogP contribution in [0.3, 0.4) is 0 Å². The first-order valence-electron chi connectivity index (χ1n) is 12.6. The molecule has 4 aromatic carbocycles. The summed E-state index contributed by atoms with van der Waals surface area (Å²) < 4.78 is 30.7. The first kappa shape index (κ1) is 26.9. The van der Waals surface area contributed by atoms with Crippen LogP contribution in [0.4, 0.5) is 0 Å². The van der Waals surface area contributed by atoms with Gasteiger partial charge < -0.3 is 0 Å². The molecule has 1 atom stereocenters. The minimum absolute atomic E-state index is 0.321. The van der Waals surface area contributed by atoms with Gasteiger partial charge >= 0.3 is 221 Å². The minimum atomic E-state index is -4.23. The Labute approximate surface area is 219 Å². The van der Waals surface area contributed by atoms with E-state index in [1.165, 1.54) is 10.7 Å². The van der Waals surface area contributed by atoms with Gasteiger partial charge in [0.05, 0.1) is 0 Å². The van der Waals surface area contributed by atoms with E-state index in [2.05, 4.69) is 110 Å². The number of benzene rings is 4. The molecular formula is C31H35O3PSn. The Bertz CT molecular complexity index is 1160. The van der Waals surface area contributed by atoms with Gasteiger partial charge in [0.15, 0.2) is 0 Å². The van der Waals surface area contributed by atoms with Crippen LogP contribution in [0.5, 0.6) is 0 Å². The maximum atomic E-state index is 15.2. The van der Waals surface area contributed by atoms with Gasteiger partial charge in [0.25, 0.3) is 0 Å². The van der Waals surface area contributed by atoms with Crippen LogP contribution in [0.2, 0.25) is 0 Å². The molecule has 5 heteroatoms. The van der Waals surface area contributed by atoms with Crippen LogP contribution in [-0.2, 0) is 20.0 Å². The van der Waals surface area contributed by atoms with Crippen molar-refractivity contribution in [2.24, 2.45) is 0 Å². The average Bonchev–Trinajstić information content (AvgIpc) is 2.92. The second-order valence-corrected chi connectivity index (χ2v) is 25.2. The molecule has 3 nitrogen and oxygen atoms in total. The number of hydrogen-bond donors (Lipinski definition) is 0. The zero-order chi connectivity index (χ0) is 25.5. The van der Waals surface area contributed by atoms with Crippen LogP contribution < -0.4 is 10.7 Å². The molecule has 1 unspecified atom stereocenters. The van der Waals surface area contributed by atoms with E-state index in [0.717, 1.165) is 5.56 Å². The van der Waals surface area contributed by atoms with Crippen molar-refractivity contribution < 1.29 is 13.6 Å². The number of rotatable bonds is 11. The third kappa shape index (κ3) is 4.87. The Morgan fingerprint density at radius 3 is 1.28 bits per heavy atom. The van der Waals surface area contributed by atoms with Crippen molar-refractivity contribution in [1.29, 1.82) is 0 Å². The first-order valence-corrected chi connectivity index (χ1v) is 19.9. The predicted molar refractivity (Wildman–Crippen MR) is 153 cm³/mol. The summed E-state index contributed by atoms with van der Waals surface area (Å²) in [7, 11) is -3.63. The topological polar surface area (TPSA) is 35.5 Å². The average molecular weight is 605 g/mol. The van der Waals surface area contributed by atoms with Crippen molar-refractivity contribution in [1.82, 2.24) is 0 Å². The molecule has 0 aliphatic rings. The van der Waals surface area contributed by atoms with E-state index in [9.17, 15) is 0 Å². The predicted octanol–water partition coefficient (Wildman–Crippen LogP) is 5.96. The first-order chi connectivity index (χ1) is 17.5. The van der Waals surface area contributed by atoms with Gasteiger partial charge in [-0.15, -0.1) is 0 Å². The summed E-state index contributed by atoms with van der Waals surface area (Å²) in [5.41, 5.74) is 1.13. The molecule has 0 bridgehead atoms. The Kier molecular flexibility index (Phi) is 8.90. The van der Waals surface area contributed by atoms with E-state index in [1.54, 1.807) is 0 Å². The normalized spacial score (nSPS) is 13.8. The van der Waals surface area contributed by atoms with E-state index in [1.807, 2.05) is 32.0 Å². The Morgan fingerprint density at radius 1 is 0.611 bits per heavy atom. The van der Waals surface area contributed by atoms with Crippen LogP contribution in [-0.4, -0.2) is 34.8 Å². The van der Waals surface area contributed by atoms with Gasteiger partial charge in [-0.2, -0.15) is 0 Å². The fraction of sp³-hybridized carbons (Fsp3) is 0.226. The van der Waals surface area contributed by atoms with Gasteiger partial charge in [-0.05, 0) is 0 Å². The molecule has 0 fully saturated rings. The molecule has 0 heterocycles. The molecule has 0 radical (unpaired) electrons. The van der Waals surface area contributed by atoms with E-state index >= 15 is 4.57 Å². The molecule has 0 aliphatic heterocycles. The zero-order valence-electron chi connectivity index (χ0n) is 21.3. The van der Waals surface area contributed by atoms with Crippen molar-refractivity contribution in [2.75, 3.05) is 13.2 Å². The Hall–Kier alpha value is -2.17. The van der Waals surface area contributed by atoms with Gasteiger partial charge in [-0.3, -0.25) is 0 Å². The fourth-order valence-corrected chi connectivity index (χ4v) is 30.4. The molecule has 4 rings (SSSR count). The summed E-state index contributed by atoms with van der Waals surface area (Å²) in [4.78, 5) is 0. The van der Waals surface area contributed by atoms with E-state index < -0.39 is 29.1 Å². The van der Waals surface area contributed by atoms with Crippen LogP contribution >= 0.6 is 7.60 Å². The number of hydrogen-bond acceptors (Lipinski definition) is 3. The van der Waals surface area contributed by atoms with Crippen LogP contribution in [0.1, 0.15) is 26.3 Å². The standard InChI is InChI=1S/C13H20O3P.3C6H5.Sn/c1-4-15-17(14,16-5-2)12(3)11-13-9-7-6-8-10-13;3*1-2-4-6-5-3-1;/h6-10H,4-5,11H2,1-3H3;3*1-5H;. The molecule has 0 N–H and O–H groups in total. The molecule has 0 aromatic heterocycles. The molecule has 0 amide bonds. The Balaban J connectivity index is 2.19. The molecule has 0 spiro atoms. The second kappa shape index (κ2) is 11.9. The van der Waals surface area contributed by atoms with Gasteiger partial charge in [0.2, 0.25) is 0 Å². The molecule has 0 aliphatic carbocycles. The van der Waals surface area contributed by atoms with Crippen LogP contribution in [0, 0.1) is 0 Å². The molecule has 186 valence electrons. The summed E-state index contributed by atoms with van der Waals surface area (Å²) in [5, 5.41) is 0. The van der Waals surface area contributed by atoms with Crippen molar-refractivity contribution >= 4 is 36.7 Å².